The van der Waals surface area contributed by atoms with E-state index >= 15 is 0 Å². The van der Waals surface area contributed by atoms with Crippen molar-refractivity contribution in [2.24, 2.45) is 0 Å². The van der Waals surface area contributed by atoms with E-state index in [1.54, 1.807) is 0 Å². The van der Waals surface area contributed by atoms with E-state index in [4.69, 9.17) is 9.47 Å². The van der Waals surface area contributed by atoms with Gasteiger partial charge in [0.15, 0.2) is 0 Å². The van der Waals surface area contributed by atoms with Crippen LogP contribution in [0, 0.1) is 0 Å². The Morgan fingerprint density at radius 2 is 0.615 bits per heavy atom. The molecule has 0 atom stereocenters. The van der Waals surface area contributed by atoms with E-state index in [9.17, 15) is 9.59 Å². The molecule has 4 nitrogen and oxygen atoms in total. The molecule has 0 spiro atoms. The fourth-order valence-electron chi connectivity index (χ4n) is 4.34. The first kappa shape index (κ1) is 43.7. The molecule has 0 aromatic heterocycles. The van der Waals surface area contributed by atoms with Crippen molar-refractivity contribution in [1.29, 1.82) is 0 Å². The van der Waals surface area contributed by atoms with Crippen molar-refractivity contribution in [3.05, 3.63) is 0 Å². The monoisotopic (exact) mass is 638 g/mol. The van der Waals surface area contributed by atoms with Crippen molar-refractivity contribution in [3.63, 3.8) is 0 Å². The van der Waals surface area contributed by atoms with Gasteiger partial charge in [0.25, 0.3) is 11.9 Å². The second-order valence-corrected chi connectivity index (χ2v) is 11.1. The van der Waals surface area contributed by atoms with E-state index in [0.29, 0.717) is 13.2 Å². The SMILES string of the molecule is CCCCCCCCCCCCCCOC(=O)C[S-].CCCCCCCCCCCCCCOC(=O)C[S-].[Zn+2]. The number of hydrogen-bond donors (Lipinski definition) is 0. The molecule has 0 aliphatic carbocycles. The Bertz CT molecular complexity index is 439. The maximum absolute atomic E-state index is 10.8. The van der Waals surface area contributed by atoms with Gasteiger partial charge in [-0.25, -0.2) is 0 Å². The van der Waals surface area contributed by atoms with Crippen molar-refractivity contribution >= 4 is 37.2 Å². The zero-order chi connectivity index (χ0) is 28.4. The van der Waals surface area contributed by atoms with Crippen molar-refractivity contribution in [2.75, 3.05) is 24.7 Å². The zero-order valence-corrected chi connectivity index (χ0v) is 30.6. The summed E-state index contributed by atoms with van der Waals surface area (Å²) < 4.78 is 9.88. The molecular weight excluding hydrogens is 578 g/mol. The number of unbranched alkanes of at least 4 members (excludes halogenated alkanes) is 22. The van der Waals surface area contributed by atoms with Crippen LogP contribution in [0.1, 0.15) is 168 Å². The van der Waals surface area contributed by atoms with Crippen LogP contribution in [0.2, 0.25) is 0 Å². The first-order valence-corrected chi connectivity index (χ1v) is 17.2. The third-order valence-electron chi connectivity index (χ3n) is 6.76. The molecule has 0 N–H and O–H groups in total. The van der Waals surface area contributed by atoms with Crippen LogP contribution in [0.5, 0.6) is 0 Å². The first-order valence-electron chi connectivity index (χ1n) is 16.1. The molecule has 0 radical (unpaired) electrons. The molecule has 39 heavy (non-hydrogen) atoms. The Morgan fingerprint density at radius 3 is 0.821 bits per heavy atom. The smallest absolute Gasteiger partial charge is 0.782 e. The number of hydrogen-bond acceptors (Lipinski definition) is 6. The predicted octanol–water partition coefficient (Wildman–Crippen LogP) is 9.55. The summed E-state index contributed by atoms with van der Waals surface area (Å²) in [6, 6.07) is 0. The Kier molecular flexibility index (Phi) is 45.3. The van der Waals surface area contributed by atoms with Gasteiger partial charge in [-0.3, -0.25) is 9.59 Å². The van der Waals surface area contributed by atoms with E-state index in [-0.39, 0.29) is 42.9 Å². The molecule has 0 aromatic carbocycles. The van der Waals surface area contributed by atoms with Gasteiger partial charge in [-0.15, -0.1) is 0 Å². The summed E-state index contributed by atoms with van der Waals surface area (Å²) >= 11 is 9.19. The fourth-order valence-corrected chi connectivity index (χ4v) is 4.51. The Morgan fingerprint density at radius 1 is 0.410 bits per heavy atom. The maximum Gasteiger partial charge on any atom is 2.00 e. The third-order valence-corrected chi connectivity index (χ3v) is 7.23. The maximum atomic E-state index is 10.8. The zero-order valence-electron chi connectivity index (χ0n) is 26.0. The molecule has 0 saturated heterocycles. The molecule has 228 valence electrons. The second kappa shape index (κ2) is 40.4. The normalized spacial score (nSPS) is 10.4. The Hall–Kier alpha value is 0.263. The van der Waals surface area contributed by atoms with E-state index < -0.39 is 0 Å². The number of ether oxygens (including phenoxy) is 2. The number of carbonyl (C=O) groups excluding carboxylic acids is 2. The molecule has 0 fully saturated rings. The molecule has 0 aliphatic rings. The molecular formula is C32H62O4S2Zn. The van der Waals surface area contributed by atoms with Crippen molar-refractivity contribution < 1.29 is 38.5 Å². The largest absolute Gasteiger partial charge is 2.00 e. The summed E-state index contributed by atoms with van der Waals surface area (Å²) in [4.78, 5) is 21.6. The first-order chi connectivity index (χ1) is 18.6. The van der Waals surface area contributed by atoms with Crippen molar-refractivity contribution in [2.45, 2.75) is 168 Å². The summed E-state index contributed by atoms with van der Waals surface area (Å²) in [5, 5.41) is 0. The van der Waals surface area contributed by atoms with Crippen LogP contribution in [0.4, 0.5) is 0 Å². The molecule has 0 aliphatic heterocycles. The van der Waals surface area contributed by atoms with Gasteiger partial charge < -0.3 is 34.7 Å². The Balaban J connectivity index is -0.000000648. The van der Waals surface area contributed by atoms with E-state index in [2.05, 4.69) is 39.1 Å². The van der Waals surface area contributed by atoms with Crippen LogP contribution in [0.3, 0.4) is 0 Å². The fraction of sp³-hybridized carbons (Fsp3) is 0.938. The summed E-state index contributed by atoms with van der Waals surface area (Å²) in [6.07, 6.45) is 31.7. The second-order valence-electron chi connectivity index (χ2n) is 10.5. The predicted molar refractivity (Wildman–Crippen MR) is 169 cm³/mol. The molecule has 7 heteroatoms. The quantitative estimate of drug-likeness (QED) is 0.0368. The summed E-state index contributed by atoms with van der Waals surface area (Å²) in [6.45, 7) is 5.62. The van der Waals surface area contributed by atoms with Crippen LogP contribution >= 0.6 is 0 Å². The molecule has 0 amide bonds. The van der Waals surface area contributed by atoms with Gasteiger partial charge in [0.1, 0.15) is 0 Å². The minimum atomic E-state index is -0.252. The van der Waals surface area contributed by atoms with E-state index in [1.807, 2.05) is 0 Å². The van der Waals surface area contributed by atoms with Crippen LogP contribution < -0.4 is 0 Å². The number of rotatable bonds is 28. The molecule has 0 saturated carbocycles. The van der Waals surface area contributed by atoms with Gasteiger partial charge in [0.2, 0.25) is 0 Å². The van der Waals surface area contributed by atoms with E-state index in [1.165, 1.54) is 141 Å². The molecule has 0 heterocycles. The van der Waals surface area contributed by atoms with Crippen LogP contribution in [-0.2, 0) is 63.8 Å². The van der Waals surface area contributed by atoms with Crippen molar-refractivity contribution in [1.82, 2.24) is 0 Å². The van der Waals surface area contributed by atoms with Crippen LogP contribution in [0.15, 0.2) is 0 Å². The third kappa shape index (κ3) is 42.9. The van der Waals surface area contributed by atoms with Crippen LogP contribution in [-0.4, -0.2) is 36.7 Å². The number of esters is 2. The van der Waals surface area contributed by atoms with Gasteiger partial charge in [-0.05, 0) is 12.8 Å². The average molecular weight is 640 g/mol. The minimum Gasteiger partial charge on any atom is -0.782 e. The summed E-state index contributed by atoms with van der Waals surface area (Å²) in [5.74, 6) is -0.340. The van der Waals surface area contributed by atoms with Crippen molar-refractivity contribution in [3.8, 4) is 0 Å². The molecule has 0 unspecified atom stereocenters. The molecule has 0 aromatic rings. The average Bonchev–Trinajstić information content (AvgIpc) is 2.93. The summed E-state index contributed by atoms with van der Waals surface area (Å²) in [5.41, 5.74) is 0. The van der Waals surface area contributed by atoms with Gasteiger partial charge in [0.05, 0.1) is 13.2 Å². The Labute approximate surface area is 267 Å². The van der Waals surface area contributed by atoms with Gasteiger partial charge in [0, 0.05) is 0 Å². The number of carbonyl (C=O) groups is 2. The van der Waals surface area contributed by atoms with Gasteiger partial charge >= 0.3 is 19.5 Å². The minimum absolute atomic E-state index is 0. The van der Waals surface area contributed by atoms with Crippen LogP contribution in [0.25, 0.3) is 0 Å². The molecule has 0 rings (SSSR count). The standard InChI is InChI=1S/2C16H32O2S.Zn/c2*1-2-3-4-5-6-7-8-9-10-11-12-13-14-18-16(17)15-19;/h2*19H,2-15H2,1H3;/q;;+2/p-2. The summed E-state index contributed by atoms with van der Waals surface area (Å²) in [7, 11) is 0. The van der Waals surface area contributed by atoms with E-state index in [0.717, 1.165) is 12.8 Å². The van der Waals surface area contributed by atoms with Gasteiger partial charge in [-0.2, -0.15) is 0 Å². The van der Waals surface area contributed by atoms with Gasteiger partial charge in [-0.1, -0.05) is 167 Å². The topological polar surface area (TPSA) is 52.6 Å². The molecule has 0 bridgehead atoms.